The molecule has 11 heavy (non-hydrogen) atoms. The summed E-state index contributed by atoms with van der Waals surface area (Å²) in [7, 11) is -4.64. The molecule has 8 nitrogen and oxygen atoms in total. The Morgan fingerprint density at radius 2 is 1.64 bits per heavy atom. The maximum atomic E-state index is 8.88. The lowest BCUT2D eigenvalue weighted by atomic mass is 11.0. The molecule has 68 valence electrons. The van der Waals surface area contributed by atoms with E-state index in [1.54, 1.807) is 0 Å². The highest BCUT2D eigenvalue weighted by atomic mass is 31.2. The van der Waals surface area contributed by atoms with Crippen molar-refractivity contribution in [2.45, 2.75) is 0 Å². The number of guanidine groups is 1. The average molecular weight is 187 g/mol. The summed E-state index contributed by atoms with van der Waals surface area (Å²) in [6.07, 6.45) is 0. The van der Waals surface area contributed by atoms with E-state index in [0.29, 0.717) is 0 Å². The number of aliphatic hydroxyl groups excluding tert-OH is 1. The maximum Gasteiger partial charge on any atom is 0.466 e. The fraction of sp³-hybridized carbons (Fsp3) is 0.500. The molecule has 0 aliphatic heterocycles. The van der Waals surface area contributed by atoms with E-state index in [0.717, 1.165) is 0 Å². The van der Waals surface area contributed by atoms with Crippen LogP contribution in [-0.4, -0.2) is 32.5 Å². The lowest BCUT2D eigenvalue weighted by Gasteiger charge is -1.82. The minimum Gasteiger partial charge on any atom is -0.374 e. The summed E-state index contributed by atoms with van der Waals surface area (Å²) in [6, 6.07) is 0. The summed E-state index contributed by atoms with van der Waals surface area (Å²) in [5.74, 6) is -0.0856. The third-order valence-corrected chi connectivity index (χ3v) is 0.253. The standard InChI is InChI=1S/C2H7N3O.H3O4P/c3-2(4)5-1-6;1-5(2,3)4/h6H,1H2,(H4,3,4,5);(H3,1,2,3,4). The summed E-state index contributed by atoms with van der Waals surface area (Å²) < 4.78 is 8.88. The van der Waals surface area contributed by atoms with Crippen molar-refractivity contribution in [1.29, 1.82) is 0 Å². The Bertz CT molecular complexity index is 151. The van der Waals surface area contributed by atoms with Crippen LogP contribution in [0.1, 0.15) is 0 Å². The van der Waals surface area contributed by atoms with E-state index < -0.39 is 7.82 Å². The molecule has 0 unspecified atom stereocenters. The van der Waals surface area contributed by atoms with Gasteiger partial charge in [0.15, 0.2) is 5.96 Å². The van der Waals surface area contributed by atoms with Crippen molar-refractivity contribution < 1.29 is 24.4 Å². The molecule has 0 atom stereocenters. The van der Waals surface area contributed by atoms with E-state index in [1.807, 2.05) is 0 Å². The van der Waals surface area contributed by atoms with Gasteiger partial charge in [-0.15, -0.1) is 0 Å². The number of rotatable bonds is 1. The summed E-state index contributed by atoms with van der Waals surface area (Å²) in [5.41, 5.74) is 9.54. The Balaban J connectivity index is 0. The van der Waals surface area contributed by atoms with Crippen molar-refractivity contribution in [2.24, 2.45) is 16.5 Å². The summed E-state index contributed by atoms with van der Waals surface area (Å²) in [4.78, 5) is 24.7. The van der Waals surface area contributed by atoms with E-state index in [1.165, 1.54) is 0 Å². The van der Waals surface area contributed by atoms with Gasteiger partial charge in [-0.2, -0.15) is 0 Å². The molecule has 0 aromatic carbocycles. The molecule has 0 aromatic heterocycles. The SMILES string of the molecule is NC(N)=NCO.O=P(O)(O)O. The molecule has 0 aliphatic rings. The molecule has 0 amide bonds. The van der Waals surface area contributed by atoms with Gasteiger partial charge in [-0.1, -0.05) is 0 Å². The van der Waals surface area contributed by atoms with Gasteiger partial charge in [0.25, 0.3) is 0 Å². The molecular formula is C2H10N3O5P. The van der Waals surface area contributed by atoms with Crippen molar-refractivity contribution in [3.8, 4) is 0 Å². The predicted molar refractivity (Wildman–Crippen MR) is 37.2 cm³/mol. The minimum absolute atomic E-state index is 0.0856. The van der Waals surface area contributed by atoms with Gasteiger partial charge in [-0.25, -0.2) is 9.56 Å². The van der Waals surface area contributed by atoms with Crippen LogP contribution in [-0.2, 0) is 4.57 Å². The highest BCUT2D eigenvalue weighted by molar-refractivity contribution is 7.45. The van der Waals surface area contributed by atoms with Crippen molar-refractivity contribution in [3.05, 3.63) is 0 Å². The Morgan fingerprint density at radius 3 is 1.64 bits per heavy atom. The Labute approximate surface area is 62.4 Å². The van der Waals surface area contributed by atoms with Crippen molar-refractivity contribution in [3.63, 3.8) is 0 Å². The first kappa shape index (κ1) is 13.0. The quantitative estimate of drug-likeness (QED) is 0.147. The second-order valence-corrected chi connectivity index (χ2v) is 2.26. The molecule has 0 aliphatic carbocycles. The Morgan fingerprint density at radius 1 is 1.36 bits per heavy atom. The van der Waals surface area contributed by atoms with E-state index in [2.05, 4.69) is 4.99 Å². The molecule has 0 fully saturated rings. The fourth-order valence-corrected chi connectivity index (χ4v) is 0.0816. The molecule has 0 bridgehead atoms. The second-order valence-electron chi connectivity index (χ2n) is 1.24. The number of hydrogen-bond acceptors (Lipinski definition) is 3. The van der Waals surface area contributed by atoms with Gasteiger partial charge < -0.3 is 31.3 Å². The largest absolute Gasteiger partial charge is 0.466 e. The van der Waals surface area contributed by atoms with Crippen LogP contribution in [0.3, 0.4) is 0 Å². The fourth-order valence-electron chi connectivity index (χ4n) is 0.0816. The van der Waals surface area contributed by atoms with Crippen LogP contribution in [0.25, 0.3) is 0 Å². The molecule has 0 spiro atoms. The van der Waals surface area contributed by atoms with Gasteiger partial charge in [0.05, 0.1) is 0 Å². The smallest absolute Gasteiger partial charge is 0.374 e. The zero-order valence-electron chi connectivity index (χ0n) is 5.45. The van der Waals surface area contributed by atoms with Gasteiger partial charge in [0, 0.05) is 0 Å². The monoisotopic (exact) mass is 187 g/mol. The van der Waals surface area contributed by atoms with Gasteiger partial charge >= 0.3 is 7.82 Å². The van der Waals surface area contributed by atoms with Crippen LogP contribution < -0.4 is 11.5 Å². The topological polar surface area (TPSA) is 162 Å². The van der Waals surface area contributed by atoms with Gasteiger partial charge in [-0.3, -0.25) is 0 Å². The first-order chi connectivity index (χ1) is 4.77. The van der Waals surface area contributed by atoms with Crippen molar-refractivity contribution >= 4 is 13.8 Å². The third kappa shape index (κ3) is 91.9. The first-order valence-electron chi connectivity index (χ1n) is 2.22. The van der Waals surface area contributed by atoms with Gasteiger partial charge in [0.2, 0.25) is 0 Å². The normalized spacial score (nSPS) is 9.45. The Hall–Kier alpha value is -0.660. The van der Waals surface area contributed by atoms with Crippen LogP contribution in [0.2, 0.25) is 0 Å². The van der Waals surface area contributed by atoms with Crippen molar-refractivity contribution in [2.75, 3.05) is 6.73 Å². The van der Waals surface area contributed by atoms with Crippen LogP contribution in [0.5, 0.6) is 0 Å². The minimum atomic E-state index is -4.64. The zero-order valence-corrected chi connectivity index (χ0v) is 6.35. The molecular weight excluding hydrogens is 177 g/mol. The highest BCUT2D eigenvalue weighted by Crippen LogP contribution is 2.25. The molecule has 0 saturated carbocycles. The van der Waals surface area contributed by atoms with E-state index >= 15 is 0 Å². The highest BCUT2D eigenvalue weighted by Gasteiger charge is 2.00. The third-order valence-electron chi connectivity index (χ3n) is 0.253. The number of hydrogen-bond donors (Lipinski definition) is 6. The van der Waals surface area contributed by atoms with Crippen LogP contribution in [0.15, 0.2) is 4.99 Å². The molecule has 0 heterocycles. The lowest BCUT2D eigenvalue weighted by Crippen LogP contribution is -2.22. The second kappa shape index (κ2) is 6.08. The molecule has 8 N–H and O–H groups in total. The number of aliphatic hydroxyl groups is 1. The summed E-state index contributed by atoms with van der Waals surface area (Å²) in [5, 5.41) is 7.89. The average Bonchev–Trinajstić information content (AvgIpc) is 1.58. The van der Waals surface area contributed by atoms with E-state index in [4.69, 9.17) is 35.8 Å². The molecule has 0 saturated heterocycles. The predicted octanol–water partition coefficient (Wildman–Crippen LogP) is -2.72. The number of nitrogens with two attached hydrogens (primary N) is 2. The summed E-state index contributed by atoms with van der Waals surface area (Å²) in [6.45, 7) is -0.331. The first-order valence-corrected chi connectivity index (χ1v) is 3.78. The van der Waals surface area contributed by atoms with Gasteiger partial charge in [0.1, 0.15) is 6.73 Å². The molecule has 0 radical (unpaired) electrons. The van der Waals surface area contributed by atoms with Crippen molar-refractivity contribution in [1.82, 2.24) is 0 Å². The number of phosphoric acid groups is 1. The van der Waals surface area contributed by atoms with E-state index in [9.17, 15) is 0 Å². The molecule has 9 heteroatoms. The number of nitrogens with zero attached hydrogens (tertiary/aromatic N) is 1. The van der Waals surface area contributed by atoms with Crippen LogP contribution in [0, 0.1) is 0 Å². The van der Waals surface area contributed by atoms with Crippen LogP contribution >= 0.6 is 7.82 Å². The van der Waals surface area contributed by atoms with E-state index in [-0.39, 0.29) is 12.7 Å². The van der Waals surface area contributed by atoms with Gasteiger partial charge in [-0.05, 0) is 0 Å². The Kier molecular flexibility index (Phi) is 7.16. The zero-order chi connectivity index (χ0) is 9.49. The maximum absolute atomic E-state index is 8.88. The summed E-state index contributed by atoms with van der Waals surface area (Å²) >= 11 is 0. The van der Waals surface area contributed by atoms with Crippen LogP contribution in [0.4, 0.5) is 0 Å². The molecule has 0 rings (SSSR count). The molecule has 0 aromatic rings. The number of aliphatic imine (C=N–C) groups is 1. The lowest BCUT2D eigenvalue weighted by molar-refractivity contribution is 0.275.